The Morgan fingerprint density at radius 3 is 3.20 bits per heavy atom. The summed E-state index contributed by atoms with van der Waals surface area (Å²) >= 11 is 5.70. The summed E-state index contributed by atoms with van der Waals surface area (Å²) in [4.78, 5) is 7.89. The van der Waals surface area contributed by atoms with Gasteiger partial charge in [0.25, 0.3) is 0 Å². The van der Waals surface area contributed by atoms with E-state index in [-0.39, 0.29) is 5.28 Å². The molecule has 0 aliphatic rings. The molecule has 0 aromatic carbocycles. The number of aromatic nitrogens is 4. The average molecular weight is 223 g/mol. The molecule has 2 aromatic heterocycles. The van der Waals surface area contributed by atoms with E-state index in [9.17, 15) is 0 Å². The van der Waals surface area contributed by atoms with Crippen molar-refractivity contribution >= 4 is 22.6 Å². The van der Waals surface area contributed by atoms with Crippen molar-refractivity contribution in [3.8, 4) is 18.2 Å². The molecule has 1 N–H and O–H groups in total. The van der Waals surface area contributed by atoms with Gasteiger partial charge >= 0.3 is 0 Å². The van der Waals surface area contributed by atoms with Gasteiger partial charge in [-0.1, -0.05) is 0 Å². The fourth-order valence-electron chi connectivity index (χ4n) is 1.10. The number of nitrogens with one attached hydrogen (secondary N) is 1. The van der Waals surface area contributed by atoms with E-state index >= 15 is 0 Å². The standard InChI is InChI=1S/C9H7ClN4O/c1-2-3-4-15-8-6-5-11-14-7(6)12-9(10)13-8/h1,5H,3-4H2,(H,11,12,13,14). The summed E-state index contributed by atoms with van der Waals surface area (Å²) in [6.45, 7) is 0.393. The molecule has 2 heterocycles. The van der Waals surface area contributed by atoms with Crippen LogP contribution in [0.4, 0.5) is 0 Å². The number of H-pyrrole nitrogens is 1. The molecule has 0 atom stereocenters. The van der Waals surface area contributed by atoms with Gasteiger partial charge in [0, 0.05) is 6.42 Å². The topological polar surface area (TPSA) is 63.7 Å². The van der Waals surface area contributed by atoms with E-state index in [1.165, 1.54) is 0 Å². The smallest absolute Gasteiger partial charge is 0.229 e. The lowest BCUT2D eigenvalue weighted by Gasteiger charge is -2.03. The first-order valence-corrected chi connectivity index (χ1v) is 4.62. The molecule has 5 nitrogen and oxygen atoms in total. The zero-order valence-electron chi connectivity index (χ0n) is 7.70. The third-order valence-electron chi connectivity index (χ3n) is 1.73. The highest BCUT2D eigenvalue weighted by Gasteiger charge is 2.08. The Bertz CT molecular complexity index is 516. The minimum absolute atomic E-state index is 0.113. The maximum Gasteiger partial charge on any atom is 0.229 e. The van der Waals surface area contributed by atoms with Crippen LogP contribution in [-0.4, -0.2) is 26.8 Å². The van der Waals surface area contributed by atoms with E-state index in [0.29, 0.717) is 29.9 Å². The number of hydrogen-bond donors (Lipinski definition) is 1. The van der Waals surface area contributed by atoms with Crippen LogP contribution in [0.1, 0.15) is 6.42 Å². The van der Waals surface area contributed by atoms with Crippen LogP contribution < -0.4 is 4.74 Å². The third-order valence-corrected chi connectivity index (χ3v) is 1.90. The van der Waals surface area contributed by atoms with Gasteiger partial charge in [0.15, 0.2) is 5.65 Å². The van der Waals surface area contributed by atoms with Crippen molar-refractivity contribution < 1.29 is 4.74 Å². The lowest BCUT2D eigenvalue weighted by Crippen LogP contribution is -1.99. The second kappa shape index (κ2) is 4.15. The predicted octanol–water partition coefficient (Wildman–Crippen LogP) is 1.41. The second-order valence-corrected chi connectivity index (χ2v) is 3.07. The van der Waals surface area contributed by atoms with Gasteiger partial charge in [-0.05, 0) is 11.6 Å². The SMILES string of the molecule is C#CCCOc1nc(Cl)nc2[nH]ncc12. The molecule has 6 heteroatoms. The molecule has 0 bridgehead atoms. The maximum absolute atomic E-state index is 5.70. The van der Waals surface area contributed by atoms with Crippen LogP contribution in [0.25, 0.3) is 11.0 Å². The van der Waals surface area contributed by atoms with Crippen LogP contribution in [0.2, 0.25) is 5.28 Å². The van der Waals surface area contributed by atoms with E-state index in [2.05, 4.69) is 26.1 Å². The van der Waals surface area contributed by atoms with Crippen LogP contribution in [0.15, 0.2) is 6.20 Å². The average Bonchev–Trinajstić information content (AvgIpc) is 2.65. The largest absolute Gasteiger partial charge is 0.476 e. The van der Waals surface area contributed by atoms with Crippen LogP contribution in [-0.2, 0) is 0 Å². The summed E-state index contributed by atoms with van der Waals surface area (Å²) in [5.74, 6) is 2.87. The fraction of sp³-hybridized carbons (Fsp3) is 0.222. The predicted molar refractivity (Wildman–Crippen MR) is 55.6 cm³/mol. The molecule has 0 fully saturated rings. The summed E-state index contributed by atoms with van der Waals surface area (Å²) in [6, 6.07) is 0. The molecule has 0 spiro atoms. The van der Waals surface area contributed by atoms with Crippen molar-refractivity contribution in [3.05, 3.63) is 11.5 Å². The summed E-state index contributed by atoms with van der Waals surface area (Å²) in [5.41, 5.74) is 0.547. The zero-order valence-corrected chi connectivity index (χ0v) is 8.45. The molecular formula is C9H7ClN4O. The number of rotatable bonds is 3. The van der Waals surface area contributed by atoms with Crippen molar-refractivity contribution in [3.63, 3.8) is 0 Å². The Balaban J connectivity index is 2.32. The molecule has 15 heavy (non-hydrogen) atoms. The molecule has 0 saturated heterocycles. The van der Waals surface area contributed by atoms with Crippen molar-refractivity contribution in [2.75, 3.05) is 6.61 Å². The van der Waals surface area contributed by atoms with E-state index in [4.69, 9.17) is 22.8 Å². The number of ether oxygens (including phenoxy) is 1. The van der Waals surface area contributed by atoms with Gasteiger partial charge in [0.1, 0.15) is 12.0 Å². The minimum Gasteiger partial charge on any atom is -0.476 e. The maximum atomic E-state index is 5.70. The fourth-order valence-corrected chi connectivity index (χ4v) is 1.26. The summed E-state index contributed by atoms with van der Waals surface area (Å²) < 4.78 is 5.36. The van der Waals surface area contributed by atoms with Crippen molar-refractivity contribution in [2.45, 2.75) is 6.42 Å². The Hall–Kier alpha value is -1.80. The number of fused-ring (bicyclic) bond motifs is 1. The van der Waals surface area contributed by atoms with Gasteiger partial charge in [-0.25, -0.2) is 0 Å². The van der Waals surface area contributed by atoms with Crippen molar-refractivity contribution in [2.24, 2.45) is 0 Å². The number of aromatic amines is 1. The van der Waals surface area contributed by atoms with Crippen molar-refractivity contribution in [1.82, 2.24) is 20.2 Å². The highest BCUT2D eigenvalue weighted by atomic mass is 35.5. The normalized spacial score (nSPS) is 10.1. The summed E-state index contributed by atoms with van der Waals surface area (Å²) in [7, 11) is 0. The number of nitrogens with zero attached hydrogens (tertiary/aromatic N) is 3. The molecule has 0 radical (unpaired) electrons. The molecule has 0 aliphatic carbocycles. The first-order chi connectivity index (χ1) is 7.31. The molecular weight excluding hydrogens is 216 g/mol. The Morgan fingerprint density at radius 2 is 2.40 bits per heavy atom. The highest BCUT2D eigenvalue weighted by molar-refractivity contribution is 6.28. The monoisotopic (exact) mass is 222 g/mol. The van der Waals surface area contributed by atoms with E-state index in [1.807, 2.05) is 0 Å². The van der Waals surface area contributed by atoms with Gasteiger partial charge in [-0.2, -0.15) is 15.1 Å². The van der Waals surface area contributed by atoms with E-state index < -0.39 is 0 Å². The van der Waals surface area contributed by atoms with E-state index in [0.717, 1.165) is 0 Å². The summed E-state index contributed by atoms with van der Waals surface area (Å²) in [6.07, 6.45) is 7.20. The Labute approximate surface area is 90.8 Å². The first-order valence-electron chi connectivity index (χ1n) is 4.24. The number of halogens is 1. The van der Waals surface area contributed by atoms with Gasteiger partial charge < -0.3 is 4.74 Å². The lowest BCUT2D eigenvalue weighted by atomic mass is 10.4. The van der Waals surface area contributed by atoms with Crippen LogP contribution >= 0.6 is 11.6 Å². The molecule has 0 saturated carbocycles. The summed E-state index contributed by atoms with van der Waals surface area (Å²) in [5, 5.41) is 7.31. The quantitative estimate of drug-likeness (QED) is 0.485. The van der Waals surface area contributed by atoms with Gasteiger partial charge in [-0.15, -0.1) is 12.3 Å². The zero-order chi connectivity index (χ0) is 10.7. The van der Waals surface area contributed by atoms with Crippen LogP contribution in [0.3, 0.4) is 0 Å². The van der Waals surface area contributed by atoms with E-state index in [1.54, 1.807) is 6.20 Å². The Kier molecular flexibility index (Phi) is 2.70. The Morgan fingerprint density at radius 1 is 1.53 bits per heavy atom. The van der Waals surface area contributed by atoms with Gasteiger partial charge in [0.05, 0.1) is 6.20 Å². The molecule has 0 aliphatic heterocycles. The molecule has 2 aromatic rings. The minimum atomic E-state index is 0.113. The number of hydrogen-bond acceptors (Lipinski definition) is 4. The first kappa shape index (κ1) is 9.74. The molecule has 0 unspecified atom stereocenters. The number of terminal acetylenes is 1. The van der Waals surface area contributed by atoms with Gasteiger partial charge in [0.2, 0.25) is 11.2 Å². The molecule has 2 rings (SSSR count). The second-order valence-electron chi connectivity index (χ2n) is 2.73. The van der Waals surface area contributed by atoms with Crippen LogP contribution in [0.5, 0.6) is 5.88 Å². The highest BCUT2D eigenvalue weighted by Crippen LogP contribution is 2.21. The molecule has 0 amide bonds. The molecule has 76 valence electrons. The van der Waals surface area contributed by atoms with Crippen molar-refractivity contribution in [1.29, 1.82) is 0 Å². The van der Waals surface area contributed by atoms with Gasteiger partial charge in [-0.3, -0.25) is 5.10 Å². The third kappa shape index (κ3) is 2.00. The van der Waals surface area contributed by atoms with Crippen LogP contribution in [0, 0.1) is 12.3 Å². The lowest BCUT2D eigenvalue weighted by molar-refractivity contribution is 0.318.